The summed E-state index contributed by atoms with van der Waals surface area (Å²) in [5, 5.41) is 12.5. The summed E-state index contributed by atoms with van der Waals surface area (Å²) in [7, 11) is 0. The predicted molar refractivity (Wildman–Crippen MR) is 138 cm³/mol. The summed E-state index contributed by atoms with van der Waals surface area (Å²) in [6, 6.07) is 12.0. The van der Waals surface area contributed by atoms with E-state index in [1.165, 1.54) is 5.56 Å². The number of allylic oxidation sites excluding steroid dienone is 1. The first-order valence-electron chi connectivity index (χ1n) is 12.1. The normalized spacial score (nSPS) is 15.2. The highest BCUT2D eigenvalue weighted by molar-refractivity contribution is 5.43. The summed E-state index contributed by atoms with van der Waals surface area (Å²) in [5.41, 5.74) is 12.0. The monoisotopic (exact) mass is 472 g/mol. The number of alkyl halides is 2. The van der Waals surface area contributed by atoms with Crippen molar-refractivity contribution in [1.82, 2.24) is 5.32 Å². The molecule has 0 bridgehead atoms. The van der Waals surface area contributed by atoms with E-state index in [9.17, 15) is 8.78 Å². The van der Waals surface area contributed by atoms with Gasteiger partial charge in [0.1, 0.15) is 6.67 Å². The van der Waals surface area contributed by atoms with Gasteiger partial charge in [-0.05, 0) is 78.5 Å². The Morgan fingerprint density at radius 3 is 2.18 bits per heavy atom. The third-order valence-electron chi connectivity index (χ3n) is 6.57. The molecule has 34 heavy (non-hydrogen) atoms. The molecule has 2 aromatic carbocycles. The van der Waals surface area contributed by atoms with Gasteiger partial charge in [-0.15, -0.1) is 0 Å². The van der Waals surface area contributed by atoms with E-state index in [2.05, 4.69) is 56.9 Å². The van der Waals surface area contributed by atoms with E-state index >= 15 is 0 Å². The van der Waals surface area contributed by atoms with E-state index in [0.717, 1.165) is 47.3 Å². The minimum absolute atomic E-state index is 0.0904. The van der Waals surface area contributed by atoms with Gasteiger partial charge in [-0.3, -0.25) is 0 Å². The third-order valence-corrected chi connectivity index (χ3v) is 6.57. The van der Waals surface area contributed by atoms with Gasteiger partial charge in [-0.2, -0.15) is 0 Å². The van der Waals surface area contributed by atoms with Crippen molar-refractivity contribution in [3.63, 3.8) is 0 Å². The first-order valence-corrected chi connectivity index (χ1v) is 12.1. The fraction of sp³-hybridized carbons (Fsp3) is 0.517. The Bertz CT molecular complexity index is 944. The highest BCUT2D eigenvalue weighted by atomic mass is 19.2. The van der Waals surface area contributed by atoms with Crippen molar-refractivity contribution in [3.8, 4) is 0 Å². The molecule has 1 aliphatic carbocycles. The van der Waals surface area contributed by atoms with Crippen LogP contribution in [0.15, 0.2) is 48.7 Å². The number of rotatable bonds is 9. The van der Waals surface area contributed by atoms with Gasteiger partial charge >= 0.3 is 0 Å². The molecule has 1 saturated carbocycles. The molecular weight excluding hydrogens is 430 g/mol. The molecule has 0 saturated heterocycles. The second-order valence-electron chi connectivity index (χ2n) is 10.6. The zero-order chi connectivity index (χ0) is 25.5. The zero-order valence-corrected chi connectivity index (χ0v) is 21.5. The van der Waals surface area contributed by atoms with Gasteiger partial charge in [0, 0.05) is 24.3 Å². The van der Waals surface area contributed by atoms with E-state index in [1.54, 1.807) is 6.07 Å². The second kappa shape index (κ2) is 11.9. The summed E-state index contributed by atoms with van der Waals surface area (Å²) >= 11 is 0. The van der Waals surface area contributed by atoms with Crippen LogP contribution in [-0.2, 0) is 18.4 Å². The number of halogens is 2. The first kappa shape index (κ1) is 28.0. The molecule has 4 N–H and O–H groups in total. The van der Waals surface area contributed by atoms with Gasteiger partial charge < -0.3 is 16.2 Å². The molecule has 0 heterocycles. The molecule has 1 unspecified atom stereocenters. The Morgan fingerprint density at radius 1 is 1.15 bits per heavy atom. The quantitative estimate of drug-likeness (QED) is 0.411. The van der Waals surface area contributed by atoms with Crippen LogP contribution in [0.4, 0.5) is 8.78 Å². The van der Waals surface area contributed by atoms with Crippen LogP contribution in [0.2, 0.25) is 0 Å². The molecule has 1 fully saturated rings. The Kier molecular flexibility index (Phi) is 9.84. The molecule has 1 atom stereocenters. The van der Waals surface area contributed by atoms with Crippen molar-refractivity contribution in [1.29, 1.82) is 0 Å². The van der Waals surface area contributed by atoms with Crippen molar-refractivity contribution >= 4 is 0 Å². The van der Waals surface area contributed by atoms with Crippen LogP contribution in [-0.4, -0.2) is 24.9 Å². The van der Waals surface area contributed by atoms with Gasteiger partial charge in [0.05, 0.1) is 0 Å². The predicted octanol–water partition coefficient (Wildman–Crippen LogP) is 6.14. The van der Waals surface area contributed by atoms with E-state index in [4.69, 9.17) is 10.8 Å². The minimum Gasteiger partial charge on any atom is -0.396 e. The molecule has 188 valence electrons. The molecule has 0 aliphatic heterocycles. The number of aliphatic hydroxyl groups is 1. The SMILES string of the molecule is C=C(NCc1cc(C)c(C)cc1C(F)CF)C1(c2ccc(CCO)cc2)CC1.CC(C)(C)CN. The number of nitrogens with one attached hydrogen (secondary N) is 1. The summed E-state index contributed by atoms with van der Waals surface area (Å²) in [6.07, 6.45) is 1.10. The van der Waals surface area contributed by atoms with Crippen LogP contribution in [0.1, 0.15) is 73.2 Å². The maximum absolute atomic E-state index is 14.1. The summed E-state index contributed by atoms with van der Waals surface area (Å²) in [6.45, 7) is 14.8. The lowest BCUT2D eigenvalue weighted by atomic mass is 9.91. The van der Waals surface area contributed by atoms with Gasteiger partial charge in [-0.25, -0.2) is 8.78 Å². The van der Waals surface area contributed by atoms with Crippen LogP contribution in [0.3, 0.4) is 0 Å². The van der Waals surface area contributed by atoms with Crippen molar-refractivity contribution in [2.24, 2.45) is 11.1 Å². The van der Waals surface area contributed by atoms with Gasteiger partial charge in [0.15, 0.2) is 6.17 Å². The second-order valence-corrected chi connectivity index (χ2v) is 10.6. The number of hydrogen-bond acceptors (Lipinski definition) is 3. The molecule has 0 amide bonds. The molecule has 1 aliphatic rings. The zero-order valence-electron chi connectivity index (χ0n) is 21.5. The molecular formula is C29H42F2N2O. The van der Waals surface area contributed by atoms with Gasteiger partial charge in [0.2, 0.25) is 0 Å². The number of aryl methyl sites for hydroxylation is 2. The van der Waals surface area contributed by atoms with Crippen LogP contribution in [0, 0.1) is 19.3 Å². The van der Waals surface area contributed by atoms with Gasteiger partial charge in [0.25, 0.3) is 0 Å². The summed E-state index contributed by atoms with van der Waals surface area (Å²) in [4.78, 5) is 0. The largest absolute Gasteiger partial charge is 0.396 e. The third kappa shape index (κ3) is 7.38. The Balaban J connectivity index is 0.000000604. The molecule has 3 rings (SSSR count). The van der Waals surface area contributed by atoms with Crippen LogP contribution in [0.5, 0.6) is 0 Å². The fourth-order valence-corrected chi connectivity index (χ4v) is 3.81. The van der Waals surface area contributed by atoms with Crippen molar-refractivity contribution in [2.75, 3.05) is 19.8 Å². The van der Waals surface area contributed by atoms with E-state index < -0.39 is 12.8 Å². The van der Waals surface area contributed by atoms with Gasteiger partial charge in [-0.1, -0.05) is 63.7 Å². The Labute approximate surface area is 204 Å². The fourth-order valence-electron chi connectivity index (χ4n) is 3.81. The molecule has 3 nitrogen and oxygen atoms in total. The summed E-state index contributed by atoms with van der Waals surface area (Å²) < 4.78 is 27.1. The molecule has 0 radical (unpaired) electrons. The smallest absolute Gasteiger partial charge is 0.154 e. The summed E-state index contributed by atoms with van der Waals surface area (Å²) in [5.74, 6) is 0. The maximum Gasteiger partial charge on any atom is 0.154 e. The highest BCUT2D eigenvalue weighted by Crippen LogP contribution is 2.52. The van der Waals surface area contributed by atoms with E-state index in [0.29, 0.717) is 23.9 Å². The number of nitrogens with two attached hydrogens (primary N) is 1. The lowest BCUT2D eigenvalue weighted by molar-refractivity contribution is 0.264. The average molecular weight is 473 g/mol. The number of hydrogen-bond donors (Lipinski definition) is 3. The van der Waals surface area contributed by atoms with Crippen molar-refractivity contribution < 1.29 is 13.9 Å². The lowest BCUT2D eigenvalue weighted by Crippen LogP contribution is -2.24. The maximum atomic E-state index is 14.1. The first-order chi connectivity index (χ1) is 16.0. The Morgan fingerprint density at radius 2 is 1.71 bits per heavy atom. The number of benzene rings is 2. The van der Waals surface area contributed by atoms with Crippen molar-refractivity contribution in [2.45, 2.75) is 72.0 Å². The molecule has 2 aromatic rings. The van der Waals surface area contributed by atoms with Crippen LogP contribution < -0.4 is 11.1 Å². The van der Waals surface area contributed by atoms with E-state index in [1.807, 2.05) is 19.9 Å². The van der Waals surface area contributed by atoms with Crippen molar-refractivity contribution in [3.05, 3.63) is 82.1 Å². The molecule has 0 spiro atoms. The molecule has 5 heteroatoms. The molecule has 0 aromatic heterocycles. The standard InChI is InChI=1S/C24H29F2NO.C5H13N/c1-16-12-20(22(13-17(16)2)23(26)14-25)15-27-18(3)24(9-10-24)21-6-4-19(5-7-21)8-11-28;1-5(2,3)4-6/h4-7,12-13,23,27-28H,3,8-11,14-15H2,1-2H3;4,6H2,1-3H3. The highest BCUT2D eigenvalue weighted by Gasteiger charge is 2.46. The van der Waals surface area contributed by atoms with E-state index in [-0.39, 0.29) is 12.0 Å². The van der Waals surface area contributed by atoms with Crippen LogP contribution >= 0.6 is 0 Å². The van der Waals surface area contributed by atoms with Crippen LogP contribution in [0.25, 0.3) is 0 Å². The minimum atomic E-state index is -1.60. The Hall–Kier alpha value is -2.24. The number of aliphatic hydroxyl groups excluding tert-OH is 1. The topological polar surface area (TPSA) is 58.3 Å². The average Bonchev–Trinajstić information content (AvgIpc) is 3.61. The lowest BCUT2D eigenvalue weighted by Gasteiger charge is -2.22.